The van der Waals surface area contributed by atoms with Crippen LogP contribution < -0.4 is 4.74 Å². The monoisotopic (exact) mass is 386 g/mol. The number of esters is 1. The molecule has 0 atom stereocenters. The van der Waals surface area contributed by atoms with Gasteiger partial charge in [-0.3, -0.25) is 4.79 Å². The molecule has 0 bridgehead atoms. The van der Waals surface area contributed by atoms with E-state index in [0.29, 0.717) is 5.75 Å². The molecular formula is C23H30O5. The molecule has 0 aliphatic heterocycles. The van der Waals surface area contributed by atoms with Gasteiger partial charge in [0, 0.05) is 12.7 Å². The van der Waals surface area contributed by atoms with Crippen molar-refractivity contribution in [2.45, 2.75) is 57.5 Å². The first-order chi connectivity index (χ1) is 13.6. The van der Waals surface area contributed by atoms with Crippen LogP contribution in [0, 0.1) is 5.92 Å². The molecule has 1 fully saturated rings. The molecule has 0 saturated heterocycles. The summed E-state index contributed by atoms with van der Waals surface area (Å²) >= 11 is 0. The van der Waals surface area contributed by atoms with E-state index in [9.17, 15) is 9.59 Å². The first-order valence-corrected chi connectivity index (χ1v) is 10.0. The smallest absolute Gasteiger partial charge is 0.328 e. The van der Waals surface area contributed by atoms with Crippen molar-refractivity contribution in [3.63, 3.8) is 0 Å². The number of benzene rings is 1. The van der Waals surface area contributed by atoms with Gasteiger partial charge in [0.2, 0.25) is 0 Å². The quantitative estimate of drug-likeness (QED) is 0.190. The zero-order valence-electron chi connectivity index (χ0n) is 16.3. The lowest BCUT2D eigenvalue weighted by Crippen LogP contribution is -2.29. The van der Waals surface area contributed by atoms with Crippen molar-refractivity contribution in [1.82, 2.24) is 0 Å². The molecular weight excluding hydrogens is 356 g/mol. The number of ether oxygens (including phenoxy) is 2. The maximum absolute atomic E-state index is 12.4. The van der Waals surface area contributed by atoms with Crippen molar-refractivity contribution in [2.24, 2.45) is 5.92 Å². The van der Waals surface area contributed by atoms with Crippen molar-refractivity contribution >= 4 is 18.0 Å². The number of aliphatic carboxylic acids is 1. The van der Waals surface area contributed by atoms with E-state index in [1.54, 1.807) is 24.3 Å². The highest BCUT2D eigenvalue weighted by Gasteiger charge is 2.28. The molecule has 0 unspecified atom stereocenters. The minimum absolute atomic E-state index is 0.0842. The first-order valence-electron chi connectivity index (χ1n) is 10.0. The van der Waals surface area contributed by atoms with E-state index >= 15 is 0 Å². The van der Waals surface area contributed by atoms with E-state index < -0.39 is 5.97 Å². The molecule has 0 radical (unpaired) electrons. The molecule has 1 N–H and O–H groups in total. The third-order valence-corrected chi connectivity index (χ3v) is 4.93. The molecule has 0 spiro atoms. The van der Waals surface area contributed by atoms with Gasteiger partial charge in [0.25, 0.3) is 0 Å². The van der Waals surface area contributed by atoms with Crippen LogP contribution in [0.2, 0.25) is 0 Å². The molecule has 0 heterocycles. The summed E-state index contributed by atoms with van der Waals surface area (Å²) in [6, 6.07) is 6.81. The van der Waals surface area contributed by atoms with Crippen LogP contribution in [-0.2, 0) is 14.3 Å². The van der Waals surface area contributed by atoms with Gasteiger partial charge in [-0.25, -0.2) is 4.79 Å². The Morgan fingerprint density at radius 1 is 1.07 bits per heavy atom. The van der Waals surface area contributed by atoms with Crippen LogP contribution in [0.1, 0.15) is 56.9 Å². The number of hydrogen-bond donors (Lipinski definition) is 1. The highest BCUT2D eigenvalue weighted by molar-refractivity contribution is 5.85. The second-order valence-electron chi connectivity index (χ2n) is 7.14. The van der Waals surface area contributed by atoms with Gasteiger partial charge in [0.05, 0.1) is 12.0 Å². The van der Waals surface area contributed by atoms with Crippen LogP contribution >= 0.6 is 0 Å². The molecule has 5 heteroatoms. The molecule has 28 heavy (non-hydrogen) atoms. The van der Waals surface area contributed by atoms with Crippen LogP contribution in [0.25, 0.3) is 6.08 Å². The number of hydrogen-bond acceptors (Lipinski definition) is 4. The second kappa shape index (κ2) is 12.1. The number of carboxylic acids is 1. The fourth-order valence-electron chi connectivity index (χ4n) is 3.30. The van der Waals surface area contributed by atoms with E-state index in [2.05, 4.69) is 6.58 Å². The fraction of sp³-hybridized carbons (Fsp3) is 0.478. The van der Waals surface area contributed by atoms with Gasteiger partial charge in [-0.05, 0) is 68.7 Å². The van der Waals surface area contributed by atoms with Crippen LogP contribution in [0.3, 0.4) is 0 Å². The third kappa shape index (κ3) is 8.09. The van der Waals surface area contributed by atoms with Crippen molar-refractivity contribution in [3.05, 3.63) is 48.6 Å². The zero-order chi connectivity index (χ0) is 20.2. The van der Waals surface area contributed by atoms with E-state index in [0.717, 1.165) is 56.8 Å². The van der Waals surface area contributed by atoms with E-state index in [1.807, 2.05) is 6.08 Å². The number of carboxylic acid groups (broad SMARTS) is 1. The summed E-state index contributed by atoms with van der Waals surface area (Å²) < 4.78 is 11.4. The molecule has 5 nitrogen and oxygen atoms in total. The largest absolute Gasteiger partial charge is 0.478 e. The Morgan fingerprint density at radius 3 is 2.43 bits per heavy atom. The number of carbonyl (C=O) groups excluding carboxylic acids is 1. The van der Waals surface area contributed by atoms with E-state index in [-0.39, 0.29) is 18.0 Å². The SMILES string of the molecule is C=CCCCCCOC1CCC(C(=O)Oc2ccc(/C=C/C(=O)O)cc2)CC1. The average molecular weight is 386 g/mol. The summed E-state index contributed by atoms with van der Waals surface area (Å²) in [7, 11) is 0. The summed E-state index contributed by atoms with van der Waals surface area (Å²) in [5.41, 5.74) is 0.740. The number of carbonyl (C=O) groups is 2. The van der Waals surface area contributed by atoms with Crippen LogP contribution in [0.5, 0.6) is 5.75 Å². The standard InChI is InChI=1S/C23H30O5/c1-2-3-4-5-6-17-27-20-14-10-19(11-15-20)23(26)28-21-12-7-18(8-13-21)9-16-22(24)25/h2,7-9,12-13,16,19-20H,1,3-6,10-11,14-15,17H2,(H,24,25)/b16-9+. The highest BCUT2D eigenvalue weighted by Crippen LogP contribution is 2.28. The van der Waals surface area contributed by atoms with Gasteiger partial charge in [-0.15, -0.1) is 6.58 Å². The van der Waals surface area contributed by atoms with Gasteiger partial charge < -0.3 is 14.6 Å². The summed E-state index contributed by atoms with van der Waals surface area (Å²) in [6.07, 6.45) is 12.6. The van der Waals surface area contributed by atoms with Crippen molar-refractivity contribution in [2.75, 3.05) is 6.61 Å². The molecule has 0 aromatic heterocycles. The normalized spacial score (nSPS) is 19.4. The molecule has 1 saturated carbocycles. The van der Waals surface area contributed by atoms with Crippen LogP contribution in [-0.4, -0.2) is 29.8 Å². The topological polar surface area (TPSA) is 72.8 Å². The Labute approximate surface area is 167 Å². The van der Waals surface area contributed by atoms with E-state index in [4.69, 9.17) is 14.6 Å². The van der Waals surface area contributed by atoms with Crippen LogP contribution in [0.4, 0.5) is 0 Å². The molecule has 1 aliphatic carbocycles. The molecule has 1 aromatic rings. The number of rotatable bonds is 11. The van der Waals surface area contributed by atoms with E-state index in [1.165, 1.54) is 18.9 Å². The lowest BCUT2D eigenvalue weighted by molar-refractivity contribution is -0.141. The lowest BCUT2D eigenvalue weighted by Gasteiger charge is -2.27. The minimum Gasteiger partial charge on any atom is -0.478 e. The van der Waals surface area contributed by atoms with Gasteiger partial charge >= 0.3 is 11.9 Å². The maximum atomic E-state index is 12.4. The van der Waals surface area contributed by atoms with Crippen LogP contribution in [0.15, 0.2) is 43.0 Å². The Kier molecular flexibility index (Phi) is 9.49. The van der Waals surface area contributed by atoms with Gasteiger partial charge in [0.1, 0.15) is 5.75 Å². The first kappa shape index (κ1) is 21.9. The van der Waals surface area contributed by atoms with Crippen molar-refractivity contribution in [1.29, 1.82) is 0 Å². The predicted molar refractivity (Wildman–Crippen MR) is 109 cm³/mol. The van der Waals surface area contributed by atoms with Gasteiger partial charge in [-0.2, -0.15) is 0 Å². The molecule has 1 aliphatic rings. The summed E-state index contributed by atoms with van der Waals surface area (Å²) in [4.78, 5) is 22.9. The zero-order valence-corrected chi connectivity index (χ0v) is 16.3. The number of allylic oxidation sites excluding steroid dienone is 1. The highest BCUT2D eigenvalue weighted by atomic mass is 16.5. The minimum atomic E-state index is -0.997. The Hall–Kier alpha value is -2.40. The third-order valence-electron chi connectivity index (χ3n) is 4.93. The van der Waals surface area contributed by atoms with Crippen molar-refractivity contribution < 1.29 is 24.2 Å². The summed E-state index contributed by atoms with van der Waals surface area (Å²) in [6.45, 7) is 4.52. The second-order valence-corrected chi connectivity index (χ2v) is 7.14. The fourth-order valence-corrected chi connectivity index (χ4v) is 3.30. The lowest BCUT2D eigenvalue weighted by atomic mass is 9.87. The Bertz CT molecular complexity index is 654. The van der Waals surface area contributed by atoms with Crippen molar-refractivity contribution in [3.8, 4) is 5.75 Å². The Morgan fingerprint density at radius 2 is 1.79 bits per heavy atom. The van der Waals surface area contributed by atoms with Gasteiger partial charge in [0.15, 0.2) is 0 Å². The number of unbranched alkanes of at least 4 members (excludes halogenated alkanes) is 3. The molecule has 2 rings (SSSR count). The molecule has 0 amide bonds. The maximum Gasteiger partial charge on any atom is 0.328 e. The summed E-state index contributed by atoms with van der Waals surface area (Å²) in [5.74, 6) is -0.797. The molecule has 152 valence electrons. The summed E-state index contributed by atoms with van der Waals surface area (Å²) in [5, 5.41) is 8.63. The predicted octanol–water partition coefficient (Wildman–Crippen LogP) is 5.01. The average Bonchev–Trinajstić information content (AvgIpc) is 2.70. The Balaban J connectivity index is 1.67. The van der Waals surface area contributed by atoms with Gasteiger partial charge in [-0.1, -0.05) is 24.6 Å². The molecule has 1 aromatic carbocycles.